The first-order chi connectivity index (χ1) is 18.7. The van der Waals surface area contributed by atoms with E-state index in [-0.39, 0.29) is 0 Å². The van der Waals surface area contributed by atoms with Crippen LogP contribution in [0.2, 0.25) is 0 Å². The molecule has 0 saturated heterocycles. The maximum atomic E-state index is 4.52. The maximum Gasteiger partial charge on any atom is 0.169 e. The van der Waals surface area contributed by atoms with Crippen LogP contribution >= 0.6 is 21.6 Å². The molecule has 0 unspecified atom stereocenters. The third-order valence-electron chi connectivity index (χ3n) is 5.51. The molecule has 198 valence electrons. The number of hydrogen-bond donors (Lipinski definition) is 1. The molecule has 2 aromatic carbocycles. The van der Waals surface area contributed by atoms with Crippen molar-refractivity contribution < 1.29 is 4.57 Å². The second-order valence-electron chi connectivity index (χ2n) is 8.30. The van der Waals surface area contributed by atoms with Gasteiger partial charge < -0.3 is 5.32 Å². The summed E-state index contributed by atoms with van der Waals surface area (Å²) in [6.45, 7) is 3.92. The summed E-state index contributed by atoms with van der Waals surface area (Å²) in [6, 6.07) is 24.4. The van der Waals surface area contributed by atoms with Crippen LogP contribution in [-0.4, -0.2) is 44.6 Å². The van der Waals surface area contributed by atoms with Gasteiger partial charge in [-0.25, -0.2) is 4.57 Å². The average molecular weight is 546 g/mol. The molecule has 0 amide bonds. The summed E-state index contributed by atoms with van der Waals surface area (Å²) in [5, 5.41) is 16.1. The molecule has 0 aliphatic carbocycles. The van der Waals surface area contributed by atoms with Crippen molar-refractivity contribution in [2.75, 3.05) is 42.2 Å². The number of aromatic nitrogens is 1. The number of aryl methyl sites for hydroxylation is 1. The van der Waals surface area contributed by atoms with E-state index in [0.717, 1.165) is 47.1 Å². The van der Waals surface area contributed by atoms with Crippen LogP contribution in [0.1, 0.15) is 12.5 Å². The zero-order valence-corrected chi connectivity index (χ0v) is 24.0. The minimum Gasteiger partial charge on any atom is -0.390 e. The number of allylic oxidation sites excluding steroid dienone is 3. The van der Waals surface area contributed by atoms with E-state index < -0.39 is 0 Å². The first kappa shape index (κ1) is 29.1. The van der Waals surface area contributed by atoms with E-state index in [2.05, 4.69) is 44.6 Å². The van der Waals surface area contributed by atoms with E-state index in [4.69, 9.17) is 0 Å². The lowest BCUT2D eigenvalue weighted by Gasteiger charge is -2.12. The third-order valence-corrected chi connectivity index (χ3v) is 7.90. The Hall–Kier alpha value is -3.49. The van der Waals surface area contributed by atoms with Crippen LogP contribution in [-0.2, 0) is 6.54 Å². The molecule has 3 rings (SSSR count). The molecule has 0 bridgehead atoms. The van der Waals surface area contributed by atoms with E-state index in [9.17, 15) is 0 Å². The normalized spacial score (nSPS) is 12.0. The van der Waals surface area contributed by atoms with Crippen LogP contribution in [0.5, 0.6) is 0 Å². The highest BCUT2D eigenvalue weighted by Crippen LogP contribution is 2.19. The smallest absolute Gasteiger partial charge is 0.169 e. The van der Waals surface area contributed by atoms with Gasteiger partial charge in [0.05, 0.1) is 29.6 Å². The zero-order valence-electron chi connectivity index (χ0n) is 22.4. The second kappa shape index (κ2) is 17.1. The topological polar surface area (TPSA) is 47.1 Å². The summed E-state index contributed by atoms with van der Waals surface area (Å²) < 4.78 is 2.21. The SMILES string of the molecule is CC=C(C=CNCCSSCC[n+]1ccc(C=NN(C)c2ccccc2)cc1)C=NN(C)c1ccccc1. The number of anilines is 2. The van der Waals surface area contributed by atoms with Gasteiger partial charge in [0.1, 0.15) is 0 Å². The molecule has 0 aliphatic rings. The number of rotatable bonds is 15. The van der Waals surface area contributed by atoms with Gasteiger partial charge in [-0.3, -0.25) is 10.0 Å². The molecule has 0 fully saturated rings. The molecular weight excluding hydrogens is 509 g/mol. The van der Waals surface area contributed by atoms with Gasteiger partial charge in [-0.1, -0.05) is 64.1 Å². The fourth-order valence-corrected chi connectivity index (χ4v) is 5.15. The van der Waals surface area contributed by atoms with Gasteiger partial charge in [0.15, 0.2) is 18.9 Å². The van der Waals surface area contributed by atoms with Crippen molar-refractivity contribution in [3.05, 3.63) is 115 Å². The van der Waals surface area contributed by atoms with E-state index in [1.165, 1.54) is 0 Å². The molecular formula is C30H37N6S2+. The quantitative estimate of drug-likeness (QED) is 0.0634. The highest BCUT2D eigenvalue weighted by Gasteiger charge is 2.02. The zero-order chi connectivity index (χ0) is 26.8. The Morgan fingerprint density at radius 2 is 1.45 bits per heavy atom. The molecule has 6 nitrogen and oxygen atoms in total. The number of para-hydroxylation sites is 2. The number of pyridine rings is 1. The van der Waals surface area contributed by atoms with E-state index in [1.807, 2.05) is 144 Å². The van der Waals surface area contributed by atoms with Crippen LogP contribution in [0.15, 0.2) is 119 Å². The number of nitrogens with zero attached hydrogens (tertiary/aromatic N) is 5. The van der Waals surface area contributed by atoms with E-state index in [0.29, 0.717) is 0 Å². The van der Waals surface area contributed by atoms with Gasteiger partial charge in [0, 0.05) is 44.1 Å². The van der Waals surface area contributed by atoms with Gasteiger partial charge in [0.25, 0.3) is 0 Å². The van der Waals surface area contributed by atoms with Crippen molar-refractivity contribution in [3.8, 4) is 0 Å². The standard InChI is InChI=1S/C30H37N6S2/c1-4-27(25-32-34(2)29-11-7-5-8-12-29)15-18-31-19-23-37-38-24-22-36-20-16-28(17-21-36)26-33-35(3)30-13-9-6-10-14-30/h4-18,20-21,25-26,31H,19,22-24H2,1-3H3/q+1. The average Bonchev–Trinajstić information content (AvgIpc) is 2.97. The lowest BCUT2D eigenvalue weighted by atomic mass is 10.3. The Morgan fingerprint density at radius 3 is 2.08 bits per heavy atom. The van der Waals surface area contributed by atoms with Crippen molar-refractivity contribution in [1.29, 1.82) is 0 Å². The molecule has 0 saturated carbocycles. The third kappa shape index (κ3) is 10.9. The molecule has 0 atom stereocenters. The van der Waals surface area contributed by atoms with Crippen LogP contribution in [0, 0.1) is 0 Å². The maximum absolute atomic E-state index is 4.52. The van der Waals surface area contributed by atoms with Gasteiger partial charge in [-0.2, -0.15) is 10.2 Å². The molecule has 38 heavy (non-hydrogen) atoms. The summed E-state index contributed by atoms with van der Waals surface area (Å²) in [4.78, 5) is 0. The number of benzene rings is 2. The molecule has 0 aliphatic heterocycles. The highest BCUT2D eigenvalue weighted by molar-refractivity contribution is 8.76. The molecule has 3 aromatic rings. The van der Waals surface area contributed by atoms with Crippen molar-refractivity contribution >= 4 is 45.4 Å². The summed E-state index contributed by atoms with van der Waals surface area (Å²) in [5.41, 5.74) is 4.26. The minimum atomic E-state index is 0.921. The number of nitrogens with one attached hydrogen (secondary N) is 1. The number of hydrazone groups is 2. The predicted molar refractivity (Wildman–Crippen MR) is 168 cm³/mol. The van der Waals surface area contributed by atoms with Gasteiger partial charge >= 0.3 is 0 Å². The van der Waals surface area contributed by atoms with Crippen molar-refractivity contribution in [2.45, 2.75) is 13.5 Å². The fourth-order valence-electron chi connectivity index (χ4n) is 3.24. The van der Waals surface area contributed by atoms with Crippen LogP contribution < -0.4 is 19.9 Å². The largest absolute Gasteiger partial charge is 0.390 e. The predicted octanol–water partition coefficient (Wildman–Crippen LogP) is 6.00. The Bertz CT molecular complexity index is 1180. The van der Waals surface area contributed by atoms with Crippen molar-refractivity contribution in [1.82, 2.24) is 5.32 Å². The van der Waals surface area contributed by atoms with Crippen molar-refractivity contribution in [2.24, 2.45) is 10.2 Å². The molecule has 0 radical (unpaired) electrons. The number of hydrogen-bond acceptors (Lipinski definition) is 7. The van der Waals surface area contributed by atoms with Gasteiger partial charge in [0.2, 0.25) is 0 Å². The lowest BCUT2D eigenvalue weighted by molar-refractivity contribution is -0.692. The fraction of sp³-hybridized carbons (Fsp3) is 0.233. The molecule has 1 N–H and O–H groups in total. The molecule has 1 heterocycles. The van der Waals surface area contributed by atoms with Crippen LogP contribution in [0.25, 0.3) is 0 Å². The Balaban J connectivity index is 1.26. The molecule has 0 spiro atoms. The lowest BCUT2D eigenvalue weighted by Crippen LogP contribution is -2.33. The monoisotopic (exact) mass is 545 g/mol. The van der Waals surface area contributed by atoms with Crippen LogP contribution in [0.4, 0.5) is 11.4 Å². The first-order valence-electron chi connectivity index (χ1n) is 12.6. The summed E-state index contributed by atoms with van der Waals surface area (Å²) in [6.07, 6.45) is 14.1. The molecule has 8 heteroatoms. The summed E-state index contributed by atoms with van der Waals surface area (Å²) in [7, 11) is 7.70. The highest BCUT2D eigenvalue weighted by atomic mass is 33.1. The van der Waals surface area contributed by atoms with E-state index in [1.54, 1.807) is 0 Å². The Morgan fingerprint density at radius 1 is 0.842 bits per heavy atom. The molecule has 1 aromatic heterocycles. The van der Waals surface area contributed by atoms with Crippen LogP contribution in [0.3, 0.4) is 0 Å². The Kier molecular flexibility index (Phi) is 13.1. The summed E-state index contributed by atoms with van der Waals surface area (Å²) >= 11 is 0. The summed E-state index contributed by atoms with van der Waals surface area (Å²) in [5.74, 6) is 2.10. The van der Waals surface area contributed by atoms with Gasteiger partial charge in [-0.05, 0) is 49.0 Å². The van der Waals surface area contributed by atoms with E-state index >= 15 is 0 Å². The second-order valence-corrected chi connectivity index (χ2v) is 11.0. The Labute approximate surface area is 235 Å². The van der Waals surface area contributed by atoms with Crippen molar-refractivity contribution in [3.63, 3.8) is 0 Å². The van der Waals surface area contributed by atoms with Gasteiger partial charge in [-0.15, -0.1) is 0 Å². The first-order valence-corrected chi connectivity index (χ1v) is 15.1. The minimum absolute atomic E-state index is 0.921.